The molecule has 2 aromatic heterocycles. The SMILES string of the molecule is c1ccc(N(c2ccc(-c3ccc(-n4c5ccccc5c5cc(-c6ccc7c(c6)c6ccccc6n7-c6ccccc6)ccc54)cc3)cc2)c2cccc3ccccc23)cc1. The van der Waals surface area contributed by atoms with E-state index in [1.54, 1.807) is 0 Å². The molecule has 61 heavy (non-hydrogen) atoms. The number of hydrogen-bond acceptors (Lipinski definition) is 1. The molecule has 0 saturated heterocycles. The summed E-state index contributed by atoms with van der Waals surface area (Å²) in [6.07, 6.45) is 0. The van der Waals surface area contributed by atoms with Crippen molar-refractivity contribution in [1.82, 2.24) is 9.13 Å². The van der Waals surface area contributed by atoms with Crippen LogP contribution in [-0.4, -0.2) is 9.13 Å². The molecule has 0 atom stereocenters. The smallest absolute Gasteiger partial charge is 0.0541 e. The van der Waals surface area contributed by atoms with Crippen molar-refractivity contribution in [3.63, 3.8) is 0 Å². The highest BCUT2D eigenvalue weighted by Gasteiger charge is 2.18. The maximum Gasteiger partial charge on any atom is 0.0541 e. The second-order valence-electron chi connectivity index (χ2n) is 15.8. The zero-order valence-electron chi connectivity index (χ0n) is 33.4. The van der Waals surface area contributed by atoms with E-state index in [0.717, 1.165) is 22.7 Å². The summed E-state index contributed by atoms with van der Waals surface area (Å²) < 4.78 is 4.78. The van der Waals surface area contributed by atoms with E-state index >= 15 is 0 Å². The number of para-hydroxylation sites is 4. The quantitative estimate of drug-likeness (QED) is 0.157. The normalized spacial score (nSPS) is 11.6. The fourth-order valence-corrected chi connectivity index (χ4v) is 9.45. The molecule has 0 N–H and O–H groups in total. The molecule has 0 unspecified atom stereocenters. The van der Waals surface area contributed by atoms with Gasteiger partial charge in [0, 0.05) is 49.7 Å². The molecule has 0 radical (unpaired) electrons. The standard InChI is InChI=1S/C58H39N3/c1-3-16-45(17-4-1)59(54-25-13-15-42-14-7-8-20-49(42)54)47-32-26-40(27-33-47)41-28-34-48(35-29-41)61-56-24-12-10-22-51(56)53-39-44(31-37-58(53)61)43-30-36-57-52(38-43)50-21-9-11-23-55(50)60(57)46-18-5-2-6-19-46/h1-39H. The first-order valence-corrected chi connectivity index (χ1v) is 20.9. The van der Waals surface area contributed by atoms with Crippen LogP contribution in [0.4, 0.5) is 17.1 Å². The van der Waals surface area contributed by atoms with E-state index < -0.39 is 0 Å². The number of hydrogen-bond donors (Lipinski definition) is 0. The molecule has 0 bridgehead atoms. The number of nitrogens with zero attached hydrogens (tertiary/aromatic N) is 3. The highest BCUT2D eigenvalue weighted by molar-refractivity contribution is 6.12. The second-order valence-corrected chi connectivity index (χ2v) is 15.8. The van der Waals surface area contributed by atoms with Gasteiger partial charge in [-0.2, -0.15) is 0 Å². The Bertz CT molecular complexity index is 3560. The van der Waals surface area contributed by atoms with Gasteiger partial charge in [-0.25, -0.2) is 0 Å². The molecule has 0 aliphatic heterocycles. The summed E-state index contributed by atoms with van der Waals surface area (Å²) >= 11 is 0. The van der Waals surface area contributed by atoms with E-state index in [0.29, 0.717) is 0 Å². The van der Waals surface area contributed by atoms with Crippen LogP contribution in [0.5, 0.6) is 0 Å². The van der Waals surface area contributed by atoms with Gasteiger partial charge in [-0.1, -0.05) is 146 Å². The van der Waals surface area contributed by atoms with Gasteiger partial charge in [-0.3, -0.25) is 0 Å². The van der Waals surface area contributed by atoms with Gasteiger partial charge in [-0.05, 0) is 119 Å². The van der Waals surface area contributed by atoms with Crippen molar-refractivity contribution < 1.29 is 0 Å². The van der Waals surface area contributed by atoms with Gasteiger partial charge in [-0.15, -0.1) is 0 Å². The number of fused-ring (bicyclic) bond motifs is 7. The zero-order valence-corrected chi connectivity index (χ0v) is 33.4. The maximum absolute atomic E-state index is 2.40. The van der Waals surface area contributed by atoms with Crippen molar-refractivity contribution in [3.05, 3.63) is 237 Å². The molecule has 0 saturated carbocycles. The Labute approximate surface area is 354 Å². The highest BCUT2D eigenvalue weighted by atomic mass is 15.1. The first-order chi connectivity index (χ1) is 30.3. The lowest BCUT2D eigenvalue weighted by atomic mass is 10.0. The lowest BCUT2D eigenvalue weighted by Gasteiger charge is -2.27. The fourth-order valence-electron chi connectivity index (χ4n) is 9.45. The second kappa shape index (κ2) is 14.3. The largest absolute Gasteiger partial charge is 0.310 e. The summed E-state index contributed by atoms with van der Waals surface area (Å²) in [6.45, 7) is 0. The number of rotatable bonds is 7. The maximum atomic E-state index is 2.40. The van der Waals surface area contributed by atoms with E-state index in [-0.39, 0.29) is 0 Å². The third kappa shape index (κ3) is 5.82. The van der Waals surface area contributed by atoms with E-state index in [1.807, 2.05) is 0 Å². The summed E-state index contributed by atoms with van der Waals surface area (Å²) in [5, 5.41) is 7.45. The van der Waals surface area contributed by atoms with Gasteiger partial charge in [0.2, 0.25) is 0 Å². The predicted molar refractivity (Wildman–Crippen MR) is 258 cm³/mol. The molecule has 12 rings (SSSR count). The van der Waals surface area contributed by atoms with Crippen LogP contribution in [-0.2, 0) is 0 Å². The van der Waals surface area contributed by atoms with Crippen LogP contribution in [0.25, 0.3) is 88.0 Å². The van der Waals surface area contributed by atoms with Crippen molar-refractivity contribution in [2.45, 2.75) is 0 Å². The predicted octanol–water partition coefficient (Wildman–Crippen LogP) is 15.8. The molecule has 0 amide bonds. The Hall–Kier alpha value is -8.14. The zero-order chi connectivity index (χ0) is 40.3. The Morgan fingerprint density at radius 3 is 1.30 bits per heavy atom. The fraction of sp³-hybridized carbons (Fsp3) is 0. The third-order valence-corrected chi connectivity index (χ3v) is 12.3. The van der Waals surface area contributed by atoms with Crippen molar-refractivity contribution in [3.8, 4) is 33.6 Å². The first-order valence-electron chi connectivity index (χ1n) is 20.9. The molecule has 286 valence electrons. The van der Waals surface area contributed by atoms with Crippen LogP contribution in [0.1, 0.15) is 0 Å². The van der Waals surface area contributed by atoms with Crippen molar-refractivity contribution in [1.29, 1.82) is 0 Å². The average molecular weight is 778 g/mol. The molecule has 12 aromatic rings. The van der Waals surface area contributed by atoms with Crippen molar-refractivity contribution in [2.24, 2.45) is 0 Å². The lowest BCUT2D eigenvalue weighted by molar-refractivity contribution is 1.18. The van der Waals surface area contributed by atoms with Crippen LogP contribution in [0.15, 0.2) is 237 Å². The van der Waals surface area contributed by atoms with Gasteiger partial charge in [0.05, 0.1) is 27.8 Å². The Balaban J connectivity index is 0.898. The van der Waals surface area contributed by atoms with Gasteiger partial charge < -0.3 is 14.0 Å². The van der Waals surface area contributed by atoms with Gasteiger partial charge in [0.15, 0.2) is 0 Å². The van der Waals surface area contributed by atoms with Crippen LogP contribution in [0.2, 0.25) is 0 Å². The molecule has 10 aromatic carbocycles. The van der Waals surface area contributed by atoms with Crippen molar-refractivity contribution >= 4 is 71.4 Å². The highest BCUT2D eigenvalue weighted by Crippen LogP contribution is 2.41. The topological polar surface area (TPSA) is 13.1 Å². The number of anilines is 3. The van der Waals surface area contributed by atoms with Gasteiger partial charge in [0.1, 0.15) is 0 Å². The van der Waals surface area contributed by atoms with Crippen molar-refractivity contribution in [2.75, 3.05) is 4.90 Å². The number of benzene rings is 10. The summed E-state index contributed by atoms with van der Waals surface area (Å²) in [5.41, 5.74) is 15.3. The minimum absolute atomic E-state index is 1.12. The average Bonchev–Trinajstić information content (AvgIpc) is 3.85. The van der Waals surface area contributed by atoms with E-state index in [1.165, 1.54) is 82.3 Å². The van der Waals surface area contributed by atoms with Crippen LogP contribution >= 0.6 is 0 Å². The Morgan fingerprint density at radius 2 is 0.689 bits per heavy atom. The monoisotopic (exact) mass is 777 g/mol. The van der Waals surface area contributed by atoms with Crippen LogP contribution in [0.3, 0.4) is 0 Å². The summed E-state index contributed by atoms with van der Waals surface area (Å²) in [6, 6.07) is 85.8. The lowest BCUT2D eigenvalue weighted by Crippen LogP contribution is -2.10. The molecule has 3 nitrogen and oxygen atoms in total. The van der Waals surface area contributed by atoms with E-state index in [4.69, 9.17) is 0 Å². The van der Waals surface area contributed by atoms with E-state index in [9.17, 15) is 0 Å². The molecule has 3 heteroatoms. The summed E-state index contributed by atoms with van der Waals surface area (Å²) in [4.78, 5) is 2.35. The molecule has 0 spiro atoms. The minimum Gasteiger partial charge on any atom is -0.310 e. The van der Waals surface area contributed by atoms with Crippen LogP contribution < -0.4 is 4.90 Å². The molecule has 2 heterocycles. The Morgan fingerprint density at radius 1 is 0.262 bits per heavy atom. The van der Waals surface area contributed by atoms with Crippen LogP contribution in [0, 0.1) is 0 Å². The molecule has 0 aliphatic rings. The summed E-state index contributed by atoms with van der Waals surface area (Å²) in [5.74, 6) is 0. The third-order valence-electron chi connectivity index (χ3n) is 12.3. The molecule has 0 fully saturated rings. The van der Waals surface area contributed by atoms with Gasteiger partial charge >= 0.3 is 0 Å². The Kier molecular flexibility index (Phi) is 8.17. The summed E-state index contributed by atoms with van der Waals surface area (Å²) in [7, 11) is 0. The minimum atomic E-state index is 1.12. The molecular weight excluding hydrogens is 739 g/mol. The van der Waals surface area contributed by atoms with Gasteiger partial charge in [0.25, 0.3) is 0 Å². The first kappa shape index (κ1) is 34.9. The van der Waals surface area contributed by atoms with E-state index in [2.05, 4.69) is 251 Å². The number of aromatic nitrogens is 2. The molecular formula is C58H39N3. The molecule has 0 aliphatic carbocycles.